The van der Waals surface area contributed by atoms with Crippen LogP contribution in [0.3, 0.4) is 0 Å². The first kappa shape index (κ1) is 13.6. The minimum Gasteiger partial charge on any atom is -1.00 e. The van der Waals surface area contributed by atoms with Crippen molar-refractivity contribution in [2.75, 3.05) is 6.61 Å². The first-order chi connectivity index (χ1) is 4.06. The van der Waals surface area contributed by atoms with E-state index in [9.17, 15) is 0 Å². The van der Waals surface area contributed by atoms with Gasteiger partial charge in [-0.3, -0.25) is 0 Å². The van der Waals surface area contributed by atoms with Gasteiger partial charge in [-0.2, -0.15) is 0 Å². The van der Waals surface area contributed by atoms with E-state index in [1.54, 1.807) is 0 Å². The monoisotopic (exact) mass is 176 g/mol. The molecule has 0 radical (unpaired) electrons. The first-order valence-corrected chi connectivity index (χ1v) is 4.62. The molecule has 58 valence electrons. The van der Waals surface area contributed by atoms with Gasteiger partial charge < -0.3 is 20.2 Å². The molecule has 0 bridgehead atoms. The fraction of sp³-hybridized carbons (Fsp3) is 1.00. The maximum Gasteiger partial charge on any atom is 1.00 e. The molecule has 0 aliphatic heterocycles. The molecule has 0 rings (SSSR count). The second-order valence-electron chi connectivity index (χ2n) is 1.78. The van der Waals surface area contributed by atoms with Crippen molar-refractivity contribution in [1.29, 1.82) is 0 Å². The Morgan fingerprint density at radius 2 is 1.90 bits per heavy atom. The summed E-state index contributed by atoms with van der Waals surface area (Å²) in [5.41, 5.74) is 0. The van der Waals surface area contributed by atoms with Crippen LogP contribution < -0.4 is 29.6 Å². The van der Waals surface area contributed by atoms with Crippen LogP contribution in [0.15, 0.2) is 0 Å². The van der Waals surface area contributed by atoms with Gasteiger partial charge in [0.2, 0.25) is 0 Å². The summed E-state index contributed by atoms with van der Waals surface area (Å²) in [4.78, 5) is 24.8. The van der Waals surface area contributed by atoms with Crippen LogP contribution in [0.1, 0.15) is 21.2 Å². The van der Waals surface area contributed by atoms with Gasteiger partial charge in [0.15, 0.2) is 0 Å². The molecule has 0 fully saturated rings. The molecule has 0 atom stereocenters. The summed E-state index contributed by atoms with van der Waals surface area (Å²) >= 11 is 0. The third kappa shape index (κ3) is 11.8. The molecular weight excluding hydrogens is 163 g/mol. The van der Waals surface area contributed by atoms with E-state index in [0.717, 1.165) is 12.8 Å². The molecular formula is C4H13NaO4Si. The van der Waals surface area contributed by atoms with Gasteiger partial charge in [0.1, 0.15) is 0 Å². The Morgan fingerprint density at radius 3 is 2.20 bits per heavy atom. The standard InChI is InChI=1S/C4H12O4Si.Na.H/c1-2-3-4-8-9(5,6)7;;/h5-7H,2-4H2,1H3;;/q;+1;-1. The van der Waals surface area contributed by atoms with Gasteiger partial charge in [0.05, 0.1) is 0 Å². The molecule has 3 N–H and O–H groups in total. The Balaban J connectivity index is -0.000000320. The quantitative estimate of drug-likeness (QED) is 0.305. The van der Waals surface area contributed by atoms with Crippen molar-refractivity contribution in [3.63, 3.8) is 0 Å². The Bertz CT molecular complexity index is 79.0. The number of hydrogen-bond acceptors (Lipinski definition) is 4. The minimum absolute atomic E-state index is 0. The summed E-state index contributed by atoms with van der Waals surface area (Å²) in [6.07, 6.45) is 1.64. The molecule has 0 aromatic heterocycles. The van der Waals surface area contributed by atoms with Crippen LogP contribution in [0.25, 0.3) is 0 Å². The van der Waals surface area contributed by atoms with E-state index < -0.39 is 9.05 Å². The van der Waals surface area contributed by atoms with Gasteiger partial charge in [0.25, 0.3) is 0 Å². The van der Waals surface area contributed by atoms with Crippen LogP contribution in [0.2, 0.25) is 0 Å². The minimum atomic E-state index is -4.19. The topological polar surface area (TPSA) is 69.9 Å². The van der Waals surface area contributed by atoms with Crippen molar-refractivity contribution >= 4 is 9.05 Å². The van der Waals surface area contributed by atoms with E-state index in [1.807, 2.05) is 6.92 Å². The molecule has 0 heterocycles. The van der Waals surface area contributed by atoms with Crippen molar-refractivity contribution < 1.29 is 49.8 Å². The molecule has 0 aromatic rings. The largest absolute Gasteiger partial charge is 1.00 e. The predicted octanol–water partition coefficient (Wildman–Crippen LogP) is -3.67. The number of rotatable bonds is 4. The van der Waals surface area contributed by atoms with E-state index >= 15 is 0 Å². The molecule has 0 aromatic carbocycles. The average Bonchev–Trinajstić information content (AvgIpc) is 1.63. The van der Waals surface area contributed by atoms with Gasteiger partial charge in [0, 0.05) is 6.61 Å². The maximum atomic E-state index is 8.27. The summed E-state index contributed by atoms with van der Waals surface area (Å²) in [6, 6.07) is 0. The summed E-state index contributed by atoms with van der Waals surface area (Å²) in [7, 11) is -4.19. The zero-order valence-electron chi connectivity index (χ0n) is 7.37. The molecule has 0 amide bonds. The smallest absolute Gasteiger partial charge is 1.00 e. The molecule has 6 heteroatoms. The Hall–Kier alpha value is 1.06. The first-order valence-electron chi connectivity index (χ1n) is 2.87. The Kier molecular flexibility index (Phi) is 9.20. The maximum absolute atomic E-state index is 8.27. The molecule has 0 aliphatic rings. The fourth-order valence-corrected chi connectivity index (χ4v) is 0.772. The van der Waals surface area contributed by atoms with Crippen molar-refractivity contribution in [3.05, 3.63) is 0 Å². The second kappa shape index (κ2) is 6.75. The van der Waals surface area contributed by atoms with Crippen molar-refractivity contribution in [2.24, 2.45) is 0 Å². The average molecular weight is 176 g/mol. The third-order valence-electron chi connectivity index (χ3n) is 0.794. The SMILES string of the molecule is CCCCO[Si](O)(O)O.[H-].[Na+]. The van der Waals surface area contributed by atoms with E-state index in [1.165, 1.54) is 0 Å². The molecule has 0 saturated heterocycles. The summed E-state index contributed by atoms with van der Waals surface area (Å²) in [5.74, 6) is 0. The van der Waals surface area contributed by atoms with Crippen LogP contribution in [-0.2, 0) is 4.43 Å². The molecule has 0 spiro atoms. The van der Waals surface area contributed by atoms with Gasteiger partial charge in [-0.05, 0) is 6.42 Å². The van der Waals surface area contributed by atoms with Gasteiger partial charge in [-0.15, -0.1) is 0 Å². The van der Waals surface area contributed by atoms with Crippen molar-refractivity contribution in [3.8, 4) is 0 Å². The van der Waals surface area contributed by atoms with Crippen LogP contribution >= 0.6 is 0 Å². The Labute approximate surface area is 85.1 Å². The Morgan fingerprint density at radius 1 is 1.40 bits per heavy atom. The second-order valence-corrected chi connectivity index (χ2v) is 3.21. The normalized spacial score (nSPS) is 10.8. The van der Waals surface area contributed by atoms with E-state index in [2.05, 4.69) is 4.43 Å². The van der Waals surface area contributed by atoms with Gasteiger partial charge in [-0.1, -0.05) is 13.3 Å². The van der Waals surface area contributed by atoms with Crippen LogP contribution in [0, 0.1) is 0 Å². The zero-order chi connectivity index (χ0) is 7.33. The molecule has 10 heavy (non-hydrogen) atoms. The van der Waals surface area contributed by atoms with Crippen LogP contribution in [0.5, 0.6) is 0 Å². The van der Waals surface area contributed by atoms with E-state index in [0.29, 0.717) is 0 Å². The summed E-state index contributed by atoms with van der Waals surface area (Å²) < 4.78 is 4.28. The summed E-state index contributed by atoms with van der Waals surface area (Å²) in [6.45, 7) is 2.16. The van der Waals surface area contributed by atoms with Gasteiger partial charge >= 0.3 is 38.6 Å². The molecule has 4 nitrogen and oxygen atoms in total. The summed E-state index contributed by atoms with van der Waals surface area (Å²) in [5, 5.41) is 0. The molecule has 0 unspecified atom stereocenters. The fourth-order valence-electron chi connectivity index (χ4n) is 0.353. The van der Waals surface area contributed by atoms with Crippen LogP contribution in [-0.4, -0.2) is 30.0 Å². The third-order valence-corrected chi connectivity index (χ3v) is 1.39. The van der Waals surface area contributed by atoms with E-state index in [-0.39, 0.29) is 37.6 Å². The number of hydrogen-bond donors (Lipinski definition) is 3. The van der Waals surface area contributed by atoms with Crippen molar-refractivity contribution in [2.45, 2.75) is 19.8 Å². The van der Waals surface area contributed by atoms with Crippen LogP contribution in [0.4, 0.5) is 0 Å². The van der Waals surface area contributed by atoms with Crippen molar-refractivity contribution in [1.82, 2.24) is 0 Å². The molecule has 0 saturated carbocycles. The van der Waals surface area contributed by atoms with Gasteiger partial charge in [-0.25, -0.2) is 0 Å². The molecule has 0 aliphatic carbocycles. The number of unbranched alkanes of at least 4 members (excludes halogenated alkanes) is 1. The van der Waals surface area contributed by atoms with E-state index in [4.69, 9.17) is 14.4 Å². The zero-order valence-corrected chi connectivity index (χ0v) is 9.37. The predicted molar refractivity (Wildman–Crippen MR) is 34.4 cm³/mol.